The zero-order valence-electron chi connectivity index (χ0n) is 9.94. The van der Waals surface area contributed by atoms with Gasteiger partial charge in [0, 0.05) is 6.54 Å². The summed E-state index contributed by atoms with van der Waals surface area (Å²) in [4.78, 5) is 15.0. The Morgan fingerprint density at radius 2 is 1.94 bits per heavy atom. The molecule has 0 spiro atoms. The molecule has 0 unspecified atom stereocenters. The van der Waals surface area contributed by atoms with E-state index in [-0.39, 0.29) is 24.8 Å². The lowest BCUT2D eigenvalue weighted by Crippen LogP contribution is -2.27. The van der Waals surface area contributed by atoms with Crippen LogP contribution < -0.4 is 16.8 Å². The minimum Gasteiger partial charge on any atom is -0.370 e. The lowest BCUT2D eigenvalue weighted by atomic mass is 10.1. The Hall–Kier alpha value is -1.88. The highest BCUT2D eigenvalue weighted by Crippen LogP contribution is 2.01. The van der Waals surface area contributed by atoms with Crippen LogP contribution in [0.2, 0.25) is 0 Å². The average Bonchev–Trinajstić information content (AvgIpc) is 2.29. The minimum absolute atomic E-state index is 0.0310. The van der Waals surface area contributed by atoms with E-state index in [1.54, 1.807) is 0 Å². The van der Waals surface area contributed by atoms with E-state index >= 15 is 0 Å². The van der Waals surface area contributed by atoms with E-state index in [0.29, 0.717) is 6.54 Å². The van der Waals surface area contributed by atoms with Crippen LogP contribution in [-0.2, 0) is 11.3 Å². The van der Waals surface area contributed by atoms with Gasteiger partial charge in [-0.3, -0.25) is 4.79 Å². The van der Waals surface area contributed by atoms with Gasteiger partial charge < -0.3 is 16.8 Å². The zero-order chi connectivity index (χ0) is 12.7. The summed E-state index contributed by atoms with van der Waals surface area (Å²) in [5, 5.41) is 3.04. The quantitative estimate of drug-likeness (QED) is 0.474. The Balaban J connectivity index is 2.26. The molecule has 5 N–H and O–H groups in total. The van der Waals surface area contributed by atoms with Crippen molar-refractivity contribution in [3.8, 4) is 0 Å². The summed E-state index contributed by atoms with van der Waals surface area (Å²) in [6.07, 6.45) is 0. The highest BCUT2D eigenvalue weighted by atomic mass is 16.1. The van der Waals surface area contributed by atoms with Crippen molar-refractivity contribution in [2.45, 2.75) is 13.5 Å². The van der Waals surface area contributed by atoms with Gasteiger partial charge in [0.2, 0.25) is 0 Å². The maximum atomic E-state index is 11.3. The molecule has 0 aromatic heterocycles. The molecule has 0 bridgehead atoms. The number of aliphatic imine (C=N–C) groups is 1. The second-order valence-corrected chi connectivity index (χ2v) is 3.87. The molecule has 1 aromatic carbocycles. The molecule has 0 amide bonds. The van der Waals surface area contributed by atoms with E-state index < -0.39 is 0 Å². The van der Waals surface area contributed by atoms with E-state index in [4.69, 9.17) is 11.5 Å². The third-order valence-electron chi connectivity index (χ3n) is 2.21. The van der Waals surface area contributed by atoms with E-state index in [1.807, 2.05) is 31.2 Å². The summed E-state index contributed by atoms with van der Waals surface area (Å²) in [5.41, 5.74) is 12.6. The van der Waals surface area contributed by atoms with Crippen LogP contribution >= 0.6 is 0 Å². The average molecular weight is 234 g/mol. The summed E-state index contributed by atoms with van der Waals surface area (Å²) >= 11 is 0. The maximum absolute atomic E-state index is 11.3. The van der Waals surface area contributed by atoms with Crippen molar-refractivity contribution >= 4 is 11.7 Å². The van der Waals surface area contributed by atoms with Gasteiger partial charge in [-0.15, -0.1) is 0 Å². The molecule has 1 aromatic rings. The van der Waals surface area contributed by atoms with Gasteiger partial charge in [-0.05, 0) is 12.5 Å². The number of hydrogen-bond acceptors (Lipinski definition) is 3. The van der Waals surface area contributed by atoms with Gasteiger partial charge >= 0.3 is 0 Å². The van der Waals surface area contributed by atoms with Crippen molar-refractivity contribution in [3.63, 3.8) is 0 Å². The van der Waals surface area contributed by atoms with Crippen LogP contribution in [0.1, 0.15) is 11.1 Å². The molecule has 0 saturated heterocycles. The summed E-state index contributed by atoms with van der Waals surface area (Å²) in [5.74, 6) is -0.0950. The fourth-order valence-electron chi connectivity index (χ4n) is 1.29. The first-order valence-corrected chi connectivity index (χ1v) is 5.41. The third kappa shape index (κ3) is 5.67. The Morgan fingerprint density at radius 3 is 2.53 bits per heavy atom. The van der Waals surface area contributed by atoms with Crippen LogP contribution in [0.25, 0.3) is 0 Å². The predicted molar refractivity (Wildman–Crippen MR) is 68.6 cm³/mol. The lowest BCUT2D eigenvalue weighted by molar-refractivity contribution is -0.116. The summed E-state index contributed by atoms with van der Waals surface area (Å²) in [7, 11) is 0. The van der Waals surface area contributed by atoms with Gasteiger partial charge in [0.05, 0.1) is 6.54 Å². The van der Waals surface area contributed by atoms with Gasteiger partial charge in [-0.1, -0.05) is 29.8 Å². The number of Topliss-reactive ketones (excluding diaryl/α,β-unsaturated/α-hetero) is 1. The van der Waals surface area contributed by atoms with E-state index in [1.165, 1.54) is 5.56 Å². The number of guanidine groups is 1. The summed E-state index contributed by atoms with van der Waals surface area (Å²) in [6, 6.07) is 8.14. The number of carbonyl (C=O) groups is 1. The van der Waals surface area contributed by atoms with Gasteiger partial charge in [-0.25, -0.2) is 4.99 Å². The molecule has 0 saturated carbocycles. The molecule has 1 rings (SSSR count). The van der Waals surface area contributed by atoms with Crippen molar-refractivity contribution < 1.29 is 4.79 Å². The van der Waals surface area contributed by atoms with Crippen LogP contribution in [0.5, 0.6) is 0 Å². The molecular formula is C12H18N4O. The van der Waals surface area contributed by atoms with Crippen LogP contribution in [0.15, 0.2) is 29.3 Å². The second kappa shape index (κ2) is 6.65. The minimum atomic E-state index is -0.0584. The molecule has 0 aliphatic heterocycles. The lowest BCUT2D eigenvalue weighted by Gasteiger charge is -2.03. The number of ketones is 1. The molecule has 0 fully saturated rings. The molecule has 0 aliphatic rings. The van der Waals surface area contributed by atoms with Crippen molar-refractivity contribution in [3.05, 3.63) is 35.4 Å². The smallest absolute Gasteiger partial charge is 0.186 e. The molecule has 5 heteroatoms. The van der Waals surface area contributed by atoms with E-state index in [0.717, 1.165) is 5.56 Å². The number of benzene rings is 1. The highest BCUT2D eigenvalue weighted by molar-refractivity contribution is 5.85. The molecular weight excluding hydrogens is 216 g/mol. The molecule has 0 aliphatic carbocycles. The van der Waals surface area contributed by atoms with E-state index in [2.05, 4.69) is 10.3 Å². The van der Waals surface area contributed by atoms with Gasteiger partial charge in [-0.2, -0.15) is 0 Å². The van der Waals surface area contributed by atoms with Crippen molar-refractivity contribution in [2.24, 2.45) is 16.5 Å². The number of nitrogens with one attached hydrogen (secondary N) is 1. The number of aryl methyl sites for hydroxylation is 1. The summed E-state index contributed by atoms with van der Waals surface area (Å²) < 4.78 is 0. The largest absolute Gasteiger partial charge is 0.370 e. The second-order valence-electron chi connectivity index (χ2n) is 3.87. The number of nitrogens with two attached hydrogens (primary N) is 2. The van der Waals surface area contributed by atoms with Crippen molar-refractivity contribution in [1.29, 1.82) is 0 Å². The molecule has 5 nitrogen and oxygen atoms in total. The first-order chi connectivity index (χ1) is 8.08. The fourth-order valence-corrected chi connectivity index (χ4v) is 1.29. The zero-order valence-corrected chi connectivity index (χ0v) is 9.94. The van der Waals surface area contributed by atoms with Crippen LogP contribution in [0.3, 0.4) is 0 Å². The van der Waals surface area contributed by atoms with Gasteiger partial charge in [0.25, 0.3) is 0 Å². The topological polar surface area (TPSA) is 93.5 Å². The van der Waals surface area contributed by atoms with E-state index in [9.17, 15) is 4.79 Å². The Kier molecular flexibility index (Phi) is 5.16. The van der Waals surface area contributed by atoms with Crippen molar-refractivity contribution in [1.82, 2.24) is 5.32 Å². The van der Waals surface area contributed by atoms with Gasteiger partial charge in [0.1, 0.15) is 6.54 Å². The number of hydrogen-bond donors (Lipinski definition) is 3. The summed E-state index contributed by atoms with van der Waals surface area (Å²) in [6.45, 7) is 3.00. The third-order valence-corrected chi connectivity index (χ3v) is 2.21. The van der Waals surface area contributed by atoms with Crippen LogP contribution in [-0.4, -0.2) is 24.8 Å². The van der Waals surface area contributed by atoms with Crippen LogP contribution in [0.4, 0.5) is 0 Å². The van der Waals surface area contributed by atoms with Crippen LogP contribution in [0, 0.1) is 6.92 Å². The van der Waals surface area contributed by atoms with Crippen molar-refractivity contribution in [2.75, 3.05) is 13.1 Å². The standard InChI is InChI=1S/C12H18N4O/c1-9-2-4-10(5-3-9)6-15-7-11(17)8-16-12(13)14/h2-5,15H,6-8H2,1H3,(H4,13,14,16). The molecule has 92 valence electrons. The number of carbonyl (C=O) groups excluding carboxylic acids is 1. The Labute approximate surface area is 101 Å². The molecule has 0 heterocycles. The molecule has 0 atom stereocenters. The maximum Gasteiger partial charge on any atom is 0.186 e. The first kappa shape index (κ1) is 13.2. The normalized spacial score (nSPS) is 9.94. The first-order valence-electron chi connectivity index (χ1n) is 5.41. The highest BCUT2D eigenvalue weighted by Gasteiger charge is 2.00. The predicted octanol–water partition coefficient (Wildman–Crippen LogP) is -0.0729. The molecule has 0 radical (unpaired) electrons. The number of rotatable bonds is 6. The SMILES string of the molecule is Cc1ccc(CNCC(=O)CN=C(N)N)cc1. The Bertz CT molecular complexity index is 393. The fraction of sp³-hybridized carbons (Fsp3) is 0.333. The monoisotopic (exact) mass is 234 g/mol. The Morgan fingerprint density at radius 1 is 1.29 bits per heavy atom. The van der Waals surface area contributed by atoms with Gasteiger partial charge in [0.15, 0.2) is 11.7 Å². The number of nitrogens with zero attached hydrogens (tertiary/aromatic N) is 1. The molecule has 17 heavy (non-hydrogen) atoms.